The number of rotatable bonds is 5. The van der Waals surface area contributed by atoms with E-state index in [1.165, 1.54) is 11.1 Å². The molecule has 0 spiro atoms. The molecule has 19 heavy (non-hydrogen) atoms. The maximum absolute atomic E-state index is 5.95. The predicted octanol–water partition coefficient (Wildman–Crippen LogP) is 4.57. The highest BCUT2D eigenvalue weighted by Crippen LogP contribution is 2.30. The van der Waals surface area contributed by atoms with Crippen molar-refractivity contribution in [2.75, 3.05) is 0 Å². The number of nitrogens with one attached hydrogen (secondary N) is 1. The van der Waals surface area contributed by atoms with Gasteiger partial charge in [-0.15, -0.1) is 0 Å². The van der Waals surface area contributed by atoms with E-state index in [9.17, 15) is 0 Å². The second-order valence-electron chi connectivity index (χ2n) is 5.54. The minimum Gasteiger partial charge on any atom is -0.460 e. The van der Waals surface area contributed by atoms with Gasteiger partial charge in [0.1, 0.15) is 11.5 Å². The van der Waals surface area contributed by atoms with E-state index in [2.05, 4.69) is 69.4 Å². The van der Waals surface area contributed by atoms with Gasteiger partial charge < -0.3 is 9.73 Å². The molecule has 1 heterocycles. The van der Waals surface area contributed by atoms with E-state index < -0.39 is 0 Å². The van der Waals surface area contributed by atoms with Gasteiger partial charge in [-0.1, -0.05) is 52.0 Å². The lowest BCUT2D eigenvalue weighted by atomic mass is 9.96. The Labute approximate surface area is 115 Å². The fourth-order valence-corrected chi connectivity index (χ4v) is 2.15. The van der Waals surface area contributed by atoms with Gasteiger partial charge in [0.15, 0.2) is 0 Å². The summed E-state index contributed by atoms with van der Waals surface area (Å²) in [6.45, 7) is 9.48. The third-order valence-corrected chi connectivity index (χ3v) is 3.19. The third-order valence-electron chi connectivity index (χ3n) is 3.19. The van der Waals surface area contributed by atoms with Crippen LogP contribution < -0.4 is 5.32 Å². The van der Waals surface area contributed by atoms with E-state index in [0.29, 0.717) is 12.0 Å². The van der Waals surface area contributed by atoms with Crippen LogP contribution in [0.5, 0.6) is 0 Å². The van der Waals surface area contributed by atoms with Gasteiger partial charge in [0.2, 0.25) is 0 Å². The Morgan fingerprint density at radius 1 is 1.00 bits per heavy atom. The topological polar surface area (TPSA) is 25.2 Å². The largest absolute Gasteiger partial charge is 0.460 e. The summed E-state index contributed by atoms with van der Waals surface area (Å²) >= 11 is 0. The lowest BCUT2D eigenvalue weighted by Gasteiger charge is -2.10. The second kappa shape index (κ2) is 6.07. The van der Waals surface area contributed by atoms with Gasteiger partial charge in [-0.2, -0.15) is 0 Å². The van der Waals surface area contributed by atoms with Crippen molar-refractivity contribution in [2.24, 2.45) is 0 Å². The SMILES string of the molecule is CC(C)NCc1ccc(-c2ccccc2C(C)C)o1. The standard InChI is InChI=1S/C17H23NO/c1-12(2)15-7-5-6-8-16(15)17-10-9-14(19-17)11-18-13(3)4/h5-10,12-13,18H,11H2,1-4H3. The molecule has 0 aliphatic carbocycles. The summed E-state index contributed by atoms with van der Waals surface area (Å²) < 4.78 is 5.95. The lowest BCUT2D eigenvalue weighted by molar-refractivity contribution is 0.473. The van der Waals surface area contributed by atoms with E-state index in [1.807, 2.05) is 0 Å². The maximum Gasteiger partial charge on any atom is 0.134 e. The Morgan fingerprint density at radius 3 is 2.42 bits per heavy atom. The van der Waals surface area contributed by atoms with E-state index in [0.717, 1.165) is 18.1 Å². The van der Waals surface area contributed by atoms with Gasteiger partial charge in [0.05, 0.1) is 6.54 Å². The number of hydrogen-bond donors (Lipinski definition) is 1. The van der Waals surface area contributed by atoms with Crippen LogP contribution in [0.15, 0.2) is 40.8 Å². The fourth-order valence-electron chi connectivity index (χ4n) is 2.15. The molecule has 0 fully saturated rings. The van der Waals surface area contributed by atoms with Crippen molar-refractivity contribution in [1.29, 1.82) is 0 Å². The Bertz CT molecular complexity index is 526. The zero-order valence-electron chi connectivity index (χ0n) is 12.2. The first-order valence-corrected chi connectivity index (χ1v) is 6.99. The molecule has 1 aromatic carbocycles. The molecule has 0 unspecified atom stereocenters. The van der Waals surface area contributed by atoms with E-state index >= 15 is 0 Å². The van der Waals surface area contributed by atoms with Crippen molar-refractivity contribution < 1.29 is 4.42 Å². The highest BCUT2D eigenvalue weighted by Gasteiger charge is 2.11. The summed E-state index contributed by atoms with van der Waals surface area (Å²) in [7, 11) is 0. The van der Waals surface area contributed by atoms with E-state index in [1.54, 1.807) is 0 Å². The Kier molecular flexibility index (Phi) is 4.43. The third kappa shape index (κ3) is 3.48. The van der Waals surface area contributed by atoms with Crippen LogP contribution in [0.25, 0.3) is 11.3 Å². The number of furan rings is 1. The van der Waals surface area contributed by atoms with Crippen molar-refractivity contribution in [3.8, 4) is 11.3 Å². The molecule has 2 aromatic rings. The van der Waals surface area contributed by atoms with E-state index in [-0.39, 0.29) is 0 Å². The summed E-state index contributed by atoms with van der Waals surface area (Å²) in [5.41, 5.74) is 2.54. The molecule has 0 aliphatic rings. The van der Waals surface area contributed by atoms with Crippen LogP contribution in [0.3, 0.4) is 0 Å². The highest BCUT2D eigenvalue weighted by atomic mass is 16.3. The van der Waals surface area contributed by atoms with Crippen LogP contribution in [-0.2, 0) is 6.54 Å². The monoisotopic (exact) mass is 257 g/mol. The zero-order chi connectivity index (χ0) is 13.8. The first-order valence-electron chi connectivity index (χ1n) is 6.99. The van der Waals surface area contributed by atoms with Crippen LogP contribution in [0.2, 0.25) is 0 Å². The molecule has 1 N–H and O–H groups in total. The van der Waals surface area contributed by atoms with Gasteiger partial charge in [-0.3, -0.25) is 0 Å². The normalized spacial score (nSPS) is 11.5. The molecule has 1 aromatic heterocycles. The van der Waals surface area contributed by atoms with Crippen molar-refractivity contribution in [1.82, 2.24) is 5.32 Å². The molecule has 0 saturated heterocycles. The molecular weight excluding hydrogens is 234 g/mol. The summed E-state index contributed by atoms with van der Waals surface area (Å²) in [4.78, 5) is 0. The Hall–Kier alpha value is -1.54. The lowest BCUT2D eigenvalue weighted by Crippen LogP contribution is -2.21. The molecule has 0 saturated carbocycles. The van der Waals surface area contributed by atoms with Gasteiger partial charge in [-0.25, -0.2) is 0 Å². The summed E-state index contributed by atoms with van der Waals surface area (Å²) in [5.74, 6) is 2.45. The zero-order valence-corrected chi connectivity index (χ0v) is 12.2. The molecule has 0 amide bonds. The van der Waals surface area contributed by atoms with Gasteiger partial charge in [0, 0.05) is 11.6 Å². The fraction of sp³-hybridized carbons (Fsp3) is 0.412. The maximum atomic E-state index is 5.95. The number of hydrogen-bond acceptors (Lipinski definition) is 2. The molecule has 2 rings (SSSR count). The van der Waals surface area contributed by atoms with Crippen LogP contribution in [0, 0.1) is 0 Å². The molecule has 2 nitrogen and oxygen atoms in total. The van der Waals surface area contributed by atoms with E-state index in [4.69, 9.17) is 4.42 Å². The smallest absolute Gasteiger partial charge is 0.134 e. The average Bonchev–Trinajstić information content (AvgIpc) is 2.85. The van der Waals surface area contributed by atoms with Crippen LogP contribution in [0.4, 0.5) is 0 Å². The molecule has 102 valence electrons. The van der Waals surface area contributed by atoms with Crippen LogP contribution in [-0.4, -0.2) is 6.04 Å². The van der Waals surface area contributed by atoms with Crippen LogP contribution in [0.1, 0.15) is 44.9 Å². The Balaban J connectivity index is 2.23. The minimum absolute atomic E-state index is 0.469. The van der Waals surface area contributed by atoms with Crippen molar-refractivity contribution in [3.63, 3.8) is 0 Å². The highest BCUT2D eigenvalue weighted by molar-refractivity contribution is 5.63. The van der Waals surface area contributed by atoms with Crippen molar-refractivity contribution >= 4 is 0 Å². The first-order chi connectivity index (χ1) is 9.08. The number of benzene rings is 1. The molecule has 0 bridgehead atoms. The Morgan fingerprint density at radius 2 is 1.74 bits per heavy atom. The predicted molar refractivity (Wildman–Crippen MR) is 80.2 cm³/mol. The summed E-state index contributed by atoms with van der Waals surface area (Å²) in [6, 6.07) is 13.1. The molecular formula is C17H23NO. The quantitative estimate of drug-likeness (QED) is 0.849. The molecule has 2 heteroatoms. The molecule has 0 atom stereocenters. The molecule has 0 aliphatic heterocycles. The minimum atomic E-state index is 0.469. The van der Waals surface area contributed by atoms with Crippen molar-refractivity contribution in [3.05, 3.63) is 47.7 Å². The molecule has 0 radical (unpaired) electrons. The summed E-state index contributed by atoms with van der Waals surface area (Å²) in [5, 5.41) is 3.37. The van der Waals surface area contributed by atoms with Gasteiger partial charge in [0.25, 0.3) is 0 Å². The second-order valence-corrected chi connectivity index (χ2v) is 5.54. The van der Waals surface area contributed by atoms with Gasteiger partial charge in [-0.05, 0) is 23.6 Å². The van der Waals surface area contributed by atoms with Crippen molar-refractivity contribution in [2.45, 2.75) is 46.2 Å². The van der Waals surface area contributed by atoms with Crippen LogP contribution >= 0.6 is 0 Å². The average molecular weight is 257 g/mol. The van der Waals surface area contributed by atoms with Gasteiger partial charge >= 0.3 is 0 Å². The summed E-state index contributed by atoms with van der Waals surface area (Å²) in [6.07, 6.45) is 0. The first kappa shape index (κ1) is 13.9.